The van der Waals surface area contributed by atoms with Crippen LogP contribution in [0.2, 0.25) is 5.04 Å². The number of rotatable bonds is 20. The van der Waals surface area contributed by atoms with Crippen LogP contribution in [0.1, 0.15) is 105 Å². The zero-order valence-corrected chi connectivity index (χ0v) is 27.2. The second-order valence-corrected chi connectivity index (χ2v) is 17.2. The number of carbonyl (C=O) groups excluding carboxylic acids is 1. The van der Waals surface area contributed by atoms with Gasteiger partial charge in [-0.1, -0.05) is 146 Å². The van der Waals surface area contributed by atoms with Crippen molar-refractivity contribution in [1.82, 2.24) is 0 Å². The van der Waals surface area contributed by atoms with Crippen LogP contribution in [0.15, 0.2) is 60.7 Å². The van der Waals surface area contributed by atoms with E-state index in [1.54, 1.807) is 0 Å². The van der Waals surface area contributed by atoms with Gasteiger partial charge in [-0.05, 0) is 34.0 Å². The summed E-state index contributed by atoms with van der Waals surface area (Å²) in [6.07, 6.45) is 14.8. The lowest BCUT2D eigenvalue weighted by molar-refractivity contribution is -0.140. The van der Waals surface area contributed by atoms with Gasteiger partial charge in [-0.15, -0.1) is 0 Å². The molecule has 2 aromatic carbocycles. The molecule has 0 spiro atoms. The first-order valence-electron chi connectivity index (χ1n) is 15.3. The van der Waals surface area contributed by atoms with Gasteiger partial charge >= 0.3 is 5.97 Å². The molecule has 39 heavy (non-hydrogen) atoms. The van der Waals surface area contributed by atoms with Crippen molar-refractivity contribution in [2.75, 3.05) is 18.6 Å². The van der Waals surface area contributed by atoms with Crippen LogP contribution in [0.25, 0.3) is 0 Å². The van der Waals surface area contributed by atoms with Crippen molar-refractivity contribution < 1.29 is 14.0 Å². The standard InChI is InChI=1S/C34H54O3SSi/c1-6-7-8-9-10-11-12-13-16-21-30(26-28-38-29-27-33(35)36-5)37-39(34(2,3)4,31-22-17-14-18-23-31)32-24-19-15-20-25-32/h14-15,17-20,22-25,30H,6-13,16,21,26-29H2,1-5H3. The lowest BCUT2D eigenvalue weighted by Crippen LogP contribution is -2.67. The molecule has 2 aromatic rings. The van der Waals surface area contributed by atoms with Crippen molar-refractivity contribution in [3.05, 3.63) is 60.7 Å². The van der Waals surface area contributed by atoms with E-state index in [2.05, 4.69) is 88.4 Å². The van der Waals surface area contributed by atoms with Crippen LogP contribution in [-0.2, 0) is 14.0 Å². The van der Waals surface area contributed by atoms with E-state index in [1.807, 2.05) is 11.8 Å². The zero-order valence-electron chi connectivity index (χ0n) is 25.4. The molecule has 2 rings (SSSR count). The highest BCUT2D eigenvalue weighted by Gasteiger charge is 2.51. The van der Waals surface area contributed by atoms with E-state index in [1.165, 1.54) is 75.3 Å². The Bertz CT molecular complexity index is 858. The number of esters is 1. The van der Waals surface area contributed by atoms with Crippen LogP contribution in [0, 0.1) is 0 Å². The Morgan fingerprint density at radius 2 is 1.28 bits per heavy atom. The number of thioether (sulfide) groups is 1. The van der Waals surface area contributed by atoms with Gasteiger partial charge in [0.1, 0.15) is 0 Å². The van der Waals surface area contributed by atoms with Crippen LogP contribution >= 0.6 is 11.8 Å². The van der Waals surface area contributed by atoms with Crippen molar-refractivity contribution in [2.45, 2.75) is 116 Å². The number of unbranched alkanes of at least 4 members (excludes halogenated alkanes) is 8. The summed E-state index contributed by atoms with van der Waals surface area (Å²) in [6, 6.07) is 22.0. The summed E-state index contributed by atoms with van der Waals surface area (Å²) in [5, 5.41) is 2.67. The third-order valence-electron chi connectivity index (χ3n) is 7.65. The van der Waals surface area contributed by atoms with E-state index in [-0.39, 0.29) is 17.1 Å². The maximum Gasteiger partial charge on any atom is 0.306 e. The SMILES string of the molecule is CCCCCCCCCCCC(CCSCCC(=O)OC)O[Si](c1ccccc1)(c1ccccc1)C(C)(C)C. The Labute approximate surface area is 245 Å². The quantitative estimate of drug-likeness (QED) is 0.0908. The lowest BCUT2D eigenvalue weighted by atomic mass is 10.0. The molecule has 0 aliphatic heterocycles. The van der Waals surface area contributed by atoms with Crippen LogP contribution in [0.4, 0.5) is 0 Å². The van der Waals surface area contributed by atoms with Crippen LogP contribution < -0.4 is 10.4 Å². The van der Waals surface area contributed by atoms with Gasteiger partial charge in [0, 0.05) is 11.9 Å². The van der Waals surface area contributed by atoms with Crippen molar-refractivity contribution in [1.29, 1.82) is 0 Å². The topological polar surface area (TPSA) is 35.5 Å². The van der Waals surface area contributed by atoms with Gasteiger partial charge in [-0.3, -0.25) is 4.79 Å². The highest BCUT2D eigenvalue weighted by molar-refractivity contribution is 7.99. The fourth-order valence-electron chi connectivity index (χ4n) is 5.46. The summed E-state index contributed by atoms with van der Waals surface area (Å²) < 4.78 is 12.3. The van der Waals surface area contributed by atoms with Gasteiger partial charge in [0.05, 0.1) is 13.5 Å². The Morgan fingerprint density at radius 3 is 1.77 bits per heavy atom. The Kier molecular flexibility index (Phi) is 16.1. The summed E-state index contributed by atoms with van der Waals surface area (Å²) in [5.41, 5.74) is 0. The number of benzene rings is 2. The van der Waals surface area contributed by atoms with Crippen molar-refractivity contribution >= 4 is 36.4 Å². The largest absolute Gasteiger partial charge is 0.469 e. The van der Waals surface area contributed by atoms with E-state index in [0.717, 1.165) is 24.3 Å². The fraction of sp³-hybridized carbons (Fsp3) is 0.618. The first-order chi connectivity index (χ1) is 18.8. The van der Waals surface area contributed by atoms with Gasteiger partial charge in [0.15, 0.2) is 0 Å². The molecule has 0 bridgehead atoms. The average Bonchev–Trinajstić information content (AvgIpc) is 2.94. The first kappa shape index (κ1) is 33.6. The molecule has 5 heteroatoms. The zero-order chi connectivity index (χ0) is 28.4. The summed E-state index contributed by atoms with van der Waals surface area (Å²) in [5.74, 6) is 1.67. The smallest absolute Gasteiger partial charge is 0.306 e. The molecule has 0 radical (unpaired) electrons. The Hall–Kier alpha value is -1.56. The predicted molar refractivity (Wildman–Crippen MR) is 173 cm³/mol. The molecule has 3 nitrogen and oxygen atoms in total. The molecule has 0 heterocycles. The number of hydrogen-bond donors (Lipinski definition) is 0. The molecule has 0 aliphatic rings. The molecule has 0 aliphatic carbocycles. The maximum absolute atomic E-state index is 11.6. The van der Waals surface area contributed by atoms with Gasteiger partial charge in [-0.2, -0.15) is 11.8 Å². The maximum atomic E-state index is 11.6. The van der Waals surface area contributed by atoms with Crippen LogP contribution in [0.3, 0.4) is 0 Å². The highest BCUT2D eigenvalue weighted by Crippen LogP contribution is 2.38. The van der Waals surface area contributed by atoms with E-state index in [4.69, 9.17) is 9.16 Å². The van der Waals surface area contributed by atoms with E-state index in [0.29, 0.717) is 6.42 Å². The first-order valence-corrected chi connectivity index (χ1v) is 18.3. The van der Waals surface area contributed by atoms with Gasteiger partial charge < -0.3 is 9.16 Å². The highest BCUT2D eigenvalue weighted by atomic mass is 32.2. The molecule has 0 amide bonds. The average molecular weight is 571 g/mol. The van der Waals surface area contributed by atoms with E-state index >= 15 is 0 Å². The lowest BCUT2D eigenvalue weighted by Gasteiger charge is -2.45. The molecule has 0 fully saturated rings. The minimum atomic E-state index is -2.58. The fourth-order valence-corrected chi connectivity index (χ4v) is 11.2. The van der Waals surface area contributed by atoms with Crippen molar-refractivity contribution in [3.63, 3.8) is 0 Å². The monoisotopic (exact) mass is 570 g/mol. The van der Waals surface area contributed by atoms with E-state index < -0.39 is 8.32 Å². The number of carbonyl (C=O) groups is 1. The summed E-state index contributed by atoms with van der Waals surface area (Å²) in [6.45, 7) is 9.36. The molecule has 0 N–H and O–H groups in total. The molecule has 218 valence electrons. The second-order valence-electron chi connectivity index (χ2n) is 11.7. The number of ether oxygens (including phenoxy) is 1. The van der Waals surface area contributed by atoms with Gasteiger partial charge in [0.25, 0.3) is 8.32 Å². The number of hydrogen-bond acceptors (Lipinski definition) is 4. The second kappa shape index (κ2) is 18.7. The molecular formula is C34H54O3SSi. The molecule has 0 aromatic heterocycles. The van der Waals surface area contributed by atoms with Crippen LogP contribution in [0.5, 0.6) is 0 Å². The summed E-state index contributed by atoms with van der Waals surface area (Å²) >= 11 is 1.84. The van der Waals surface area contributed by atoms with Crippen molar-refractivity contribution in [2.24, 2.45) is 0 Å². The molecule has 0 saturated carbocycles. The molecule has 0 saturated heterocycles. The number of methoxy groups -OCH3 is 1. The summed E-state index contributed by atoms with van der Waals surface area (Å²) in [7, 11) is -1.12. The third-order valence-corrected chi connectivity index (χ3v) is 13.8. The Morgan fingerprint density at radius 1 is 0.769 bits per heavy atom. The molecule has 1 unspecified atom stereocenters. The summed E-state index contributed by atoms with van der Waals surface area (Å²) in [4.78, 5) is 11.6. The van der Waals surface area contributed by atoms with E-state index in [9.17, 15) is 4.79 Å². The van der Waals surface area contributed by atoms with Gasteiger partial charge in [-0.25, -0.2) is 0 Å². The predicted octanol–water partition coefficient (Wildman–Crippen LogP) is 8.54. The Balaban J connectivity index is 2.17. The molecule has 1 atom stereocenters. The molecular weight excluding hydrogens is 517 g/mol. The minimum Gasteiger partial charge on any atom is -0.469 e. The van der Waals surface area contributed by atoms with Crippen LogP contribution in [-0.4, -0.2) is 39.0 Å². The third kappa shape index (κ3) is 11.4. The van der Waals surface area contributed by atoms with Crippen molar-refractivity contribution in [3.8, 4) is 0 Å². The minimum absolute atomic E-state index is 0.0233. The van der Waals surface area contributed by atoms with Gasteiger partial charge in [0.2, 0.25) is 0 Å². The normalized spacial score (nSPS) is 12.8.